The summed E-state index contributed by atoms with van der Waals surface area (Å²) in [5, 5.41) is 5.94. The van der Waals surface area contributed by atoms with Crippen LogP contribution < -0.4 is 24.8 Å². The molecule has 1 unspecified atom stereocenters. The van der Waals surface area contributed by atoms with E-state index in [0.717, 1.165) is 0 Å². The zero-order valence-corrected chi connectivity index (χ0v) is 18.6. The zero-order valence-electron chi connectivity index (χ0n) is 17.8. The summed E-state index contributed by atoms with van der Waals surface area (Å²) in [7, 11) is 3.06. The molecular weight excluding hydrogens is 432 g/mol. The van der Waals surface area contributed by atoms with Gasteiger partial charge in [-0.3, -0.25) is 9.59 Å². The maximum absolute atomic E-state index is 12.5. The first-order valence-corrected chi connectivity index (χ1v) is 10.1. The molecule has 3 aromatic carbocycles. The van der Waals surface area contributed by atoms with Gasteiger partial charge in [-0.1, -0.05) is 23.7 Å². The summed E-state index contributed by atoms with van der Waals surface area (Å²) < 4.78 is 16.0. The fourth-order valence-electron chi connectivity index (χ4n) is 2.87. The summed E-state index contributed by atoms with van der Waals surface area (Å²) in [6.45, 7) is 1.63. The third-order valence-corrected chi connectivity index (χ3v) is 4.87. The van der Waals surface area contributed by atoms with Crippen molar-refractivity contribution < 1.29 is 23.8 Å². The predicted molar refractivity (Wildman–Crippen MR) is 124 cm³/mol. The molecule has 0 fully saturated rings. The number of ether oxygens (including phenoxy) is 3. The van der Waals surface area contributed by atoms with Gasteiger partial charge in [-0.15, -0.1) is 0 Å². The Balaban J connectivity index is 1.59. The number of anilines is 2. The Morgan fingerprint density at radius 2 is 1.56 bits per heavy atom. The highest BCUT2D eigenvalue weighted by Crippen LogP contribution is 2.27. The SMILES string of the molecule is COc1ccc(NC(=O)C(C)Oc2ccc(C(=O)Nc3ccccc3OC)cc2)cc1Cl. The van der Waals surface area contributed by atoms with Gasteiger partial charge in [0.25, 0.3) is 11.8 Å². The van der Waals surface area contributed by atoms with E-state index in [1.54, 1.807) is 67.6 Å². The molecule has 3 rings (SSSR count). The molecule has 0 radical (unpaired) electrons. The van der Waals surface area contributed by atoms with E-state index in [0.29, 0.717) is 39.2 Å². The van der Waals surface area contributed by atoms with Gasteiger partial charge in [-0.25, -0.2) is 0 Å². The fourth-order valence-corrected chi connectivity index (χ4v) is 3.13. The number of carbonyl (C=O) groups is 2. The first-order valence-electron chi connectivity index (χ1n) is 9.76. The van der Waals surface area contributed by atoms with E-state index in [1.165, 1.54) is 14.2 Å². The van der Waals surface area contributed by atoms with Crippen LogP contribution in [0.5, 0.6) is 17.2 Å². The van der Waals surface area contributed by atoms with E-state index in [4.69, 9.17) is 25.8 Å². The second-order valence-corrected chi connectivity index (χ2v) is 7.18. The van der Waals surface area contributed by atoms with Crippen LogP contribution >= 0.6 is 11.6 Å². The van der Waals surface area contributed by atoms with Crippen LogP contribution in [0.3, 0.4) is 0 Å². The minimum absolute atomic E-state index is 0.289. The van der Waals surface area contributed by atoms with Crippen molar-refractivity contribution in [1.29, 1.82) is 0 Å². The van der Waals surface area contributed by atoms with Crippen LogP contribution in [0.15, 0.2) is 66.7 Å². The Morgan fingerprint density at radius 3 is 2.22 bits per heavy atom. The molecule has 8 heteroatoms. The number of halogens is 1. The number of carbonyl (C=O) groups excluding carboxylic acids is 2. The van der Waals surface area contributed by atoms with Crippen molar-refractivity contribution in [3.63, 3.8) is 0 Å². The summed E-state index contributed by atoms with van der Waals surface area (Å²) in [6.07, 6.45) is -0.774. The monoisotopic (exact) mass is 454 g/mol. The van der Waals surface area contributed by atoms with Crippen LogP contribution in [-0.2, 0) is 4.79 Å². The number of benzene rings is 3. The van der Waals surface area contributed by atoms with Crippen molar-refractivity contribution >= 4 is 34.8 Å². The maximum Gasteiger partial charge on any atom is 0.265 e. The minimum Gasteiger partial charge on any atom is -0.495 e. The molecule has 2 amide bonds. The number of rotatable bonds is 8. The smallest absolute Gasteiger partial charge is 0.265 e. The van der Waals surface area contributed by atoms with Gasteiger partial charge in [0.05, 0.1) is 24.9 Å². The van der Waals surface area contributed by atoms with E-state index >= 15 is 0 Å². The molecule has 32 heavy (non-hydrogen) atoms. The Morgan fingerprint density at radius 1 is 0.875 bits per heavy atom. The summed E-state index contributed by atoms with van der Waals surface area (Å²) in [4.78, 5) is 24.9. The first kappa shape index (κ1) is 23.0. The van der Waals surface area contributed by atoms with Gasteiger partial charge >= 0.3 is 0 Å². The number of nitrogens with one attached hydrogen (secondary N) is 2. The molecule has 1 atom stereocenters. The number of amides is 2. The highest BCUT2D eigenvalue weighted by atomic mass is 35.5. The average Bonchev–Trinajstić information content (AvgIpc) is 2.80. The molecule has 0 saturated heterocycles. The molecule has 0 aliphatic carbocycles. The maximum atomic E-state index is 12.5. The Hall–Kier alpha value is -3.71. The molecule has 0 saturated carbocycles. The molecule has 0 aliphatic rings. The average molecular weight is 455 g/mol. The molecule has 0 spiro atoms. The van der Waals surface area contributed by atoms with Crippen molar-refractivity contribution in [1.82, 2.24) is 0 Å². The van der Waals surface area contributed by atoms with Crippen molar-refractivity contribution in [2.75, 3.05) is 24.9 Å². The molecule has 0 aliphatic heterocycles. The van der Waals surface area contributed by atoms with Gasteiger partial charge in [0.15, 0.2) is 6.10 Å². The zero-order chi connectivity index (χ0) is 23.1. The summed E-state index contributed by atoms with van der Waals surface area (Å²) in [6, 6.07) is 18.6. The minimum atomic E-state index is -0.774. The third-order valence-electron chi connectivity index (χ3n) is 4.57. The lowest BCUT2D eigenvalue weighted by Gasteiger charge is -2.15. The molecule has 0 aromatic heterocycles. The first-order chi connectivity index (χ1) is 15.4. The van der Waals surface area contributed by atoms with Gasteiger partial charge in [0.2, 0.25) is 0 Å². The second-order valence-electron chi connectivity index (χ2n) is 6.78. The van der Waals surface area contributed by atoms with Gasteiger partial charge < -0.3 is 24.8 Å². The van der Waals surface area contributed by atoms with Gasteiger partial charge in [0, 0.05) is 11.3 Å². The molecule has 0 heterocycles. The molecule has 2 N–H and O–H groups in total. The summed E-state index contributed by atoms with van der Waals surface area (Å²) in [5.74, 6) is 0.907. The number of para-hydroxylation sites is 2. The van der Waals surface area contributed by atoms with E-state index in [1.807, 2.05) is 6.07 Å². The van der Waals surface area contributed by atoms with Crippen LogP contribution in [0.2, 0.25) is 5.02 Å². The normalized spacial score (nSPS) is 11.2. The lowest BCUT2D eigenvalue weighted by Crippen LogP contribution is -2.30. The summed E-state index contributed by atoms with van der Waals surface area (Å²) in [5.41, 5.74) is 1.54. The highest BCUT2D eigenvalue weighted by Gasteiger charge is 2.16. The predicted octanol–water partition coefficient (Wildman–Crippen LogP) is 5.02. The summed E-state index contributed by atoms with van der Waals surface area (Å²) >= 11 is 6.08. The fraction of sp³-hybridized carbons (Fsp3) is 0.167. The van der Waals surface area contributed by atoms with E-state index in [-0.39, 0.29) is 11.8 Å². The van der Waals surface area contributed by atoms with E-state index < -0.39 is 6.10 Å². The van der Waals surface area contributed by atoms with Crippen molar-refractivity contribution in [2.24, 2.45) is 0 Å². The lowest BCUT2D eigenvalue weighted by molar-refractivity contribution is -0.122. The van der Waals surface area contributed by atoms with Crippen LogP contribution in [-0.4, -0.2) is 32.1 Å². The Bertz CT molecular complexity index is 1100. The van der Waals surface area contributed by atoms with Crippen LogP contribution in [0.4, 0.5) is 11.4 Å². The molecule has 0 bridgehead atoms. The standard InChI is InChI=1S/C24H23ClN2O5/c1-15(23(28)26-17-10-13-21(30-2)19(25)14-17)32-18-11-8-16(9-12-18)24(29)27-20-6-4-5-7-22(20)31-3/h4-15H,1-3H3,(H,26,28)(H,27,29). The molecule has 7 nitrogen and oxygen atoms in total. The second kappa shape index (κ2) is 10.5. The molecule has 3 aromatic rings. The third kappa shape index (κ3) is 5.70. The largest absolute Gasteiger partial charge is 0.495 e. The van der Waals surface area contributed by atoms with Crippen LogP contribution in [0.25, 0.3) is 0 Å². The number of hydrogen-bond acceptors (Lipinski definition) is 5. The topological polar surface area (TPSA) is 85.9 Å². The van der Waals surface area contributed by atoms with Gasteiger partial charge in [-0.05, 0) is 61.5 Å². The Kier molecular flexibility index (Phi) is 7.57. The quantitative estimate of drug-likeness (QED) is 0.499. The van der Waals surface area contributed by atoms with Crippen molar-refractivity contribution in [3.05, 3.63) is 77.3 Å². The lowest BCUT2D eigenvalue weighted by atomic mass is 10.2. The van der Waals surface area contributed by atoms with Crippen molar-refractivity contribution in [3.8, 4) is 17.2 Å². The number of methoxy groups -OCH3 is 2. The van der Waals surface area contributed by atoms with Crippen LogP contribution in [0.1, 0.15) is 17.3 Å². The van der Waals surface area contributed by atoms with E-state index in [9.17, 15) is 9.59 Å². The number of hydrogen-bond donors (Lipinski definition) is 2. The Labute approximate surface area is 191 Å². The molecule has 166 valence electrons. The highest BCUT2D eigenvalue weighted by molar-refractivity contribution is 6.32. The van der Waals surface area contributed by atoms with Crippen LogP contribution in [0, 0.1) is 0 Å². The molecular formula is C24H23ClN2O5. The van der Waals surface area contributed by atoms with Gasteiger partial charge in [-0.2, -0.15) is 0 Å². The van der Waals surface area contributed by atoms with Crippen molar-refractivity contribution in [2.45, 2.75) is 13.0 Å². The van der Waals surface area contributed by atoms with E-state index in [2.05, 4.69) is 10.6 Å². The van der Waals surface area contributed by atoms with Gasteiger partial charge in [0.1, 0.15) is 17.2 Å².